The van der Waals surface area contributed by atoms with E-state index in [9.17, 15) is 4.79 Å². The highest BCUT2D eigenvalue weighted by atomic mass is 16.5. The van der Waals surface area contributed by atoms with Crippen LogP contribution in [0.4, 0.5) is 11.6 Å². The number of carbonyl (C=O) groups is 1. The summed E-state index contributed by atoms with van der Waals surface area (Å²) in [5, 5.41) is 20.5. The summed E-state index contributed by atoms with van der Waals surface area (Å²) < 4.78 is 5.31. The van der Waals surface area contributed by atoms with Gasteiger partial charge in [0.05, 0.1) is 6.61 Å². The zero-order chi connectivity index (χ0) is 15.8. The summed E-state index contributed by atoms with van der Waals surface area (Å²) >= 11 is 0. The molecule has 0 radical (unpaired) electrons. The Labute approximate surface area is 126 Å². The van der Waals surface area contributed by atoms with E-state index < -0.39 is 5.91 Å². The van der Waals surface area contributed by atoms with Crippen molar-refractivity contribution in [3.05, 3.63) is 42.4 Å². The first-order valence-corrected chi connectivity index (χ1v) is 6.49. The second-order valence-electron chi connectivity index (χ2n) is 4.06. The molecule has 0 fully saturated rings. The van der Waals surface area contributed by atoms with Gasteiger partial charge in [0, 0.05) is 11.9 Å². The predicted molar refractivity (Wildman–Crippen MR) is 79.9 cm³/mol. The fraction of sp³-hybridized carbons (Fsp3) is 0.143. The Balaban J connectivity index is 1.99. The molecule has 0 bridgehead atoms. The van der Waals surface area contributed by atoms with E-state index in [1.54, 1.807) is 24.3 Å². The third-order valence-corrected chi connectivity index (χ3v) is 2.56. The number of H-pyrrole nitrogens is 1. The molecule has 1 amide bonds. The van der Waals surface area contributed by atoms with E-state index in [0.29, 0.717) is 24.0 Å². The summed E-state index contributed by atoms with van der Waals surface area (Å²) in [7, 11) is 0. The van der Waals surface area contributed by atoms with Crippen LogP contribution in [0.25, 0.3) is 0 Å². The maximum atomic E-state index is 12.0. The normalized spacial score (nSPS) is 10.6. The Morgan fingerprint density at radius 2 is 2.23 bits per heavy atom. The average molecular weight is 298 g/mol. The van der Waals surface area contributed by atoms with Crippen LogP contribution in [0.1, 0.15) is 6.92 Å². The molecular weight excluding hydrogens is 284 g/mol. The van der Waals surface area contributed by atoms with Crippen LogP contribution in [-0.2, 0) is 4.79 Å². The molecule has 22 heavy (non-hydrogen) atoms. The molecule has 1 aromatic carbocycles. The van der Waals surface area contributed by atoms with Crippen LogP contribution in [-0.4, -0.2) is 27.7 Å². The standard InChI is InChI=1S/C14H14N6O2/c1-2-22-12-5-3-11(4-6-12)19-13(21)10(7-15)8-16-14-17-9-18-20-14/h3-6,8-9H,2H2,1H3,(H,19,21)(H2,16,17,18,20)/b10-8-. The number of ether oxygens (including phenoxy) is 1. The first kappa shape index (κ1) is 15.1. The second kappa shape index (κ2) is 7.44. The topological polar surface area (TPSA) is 116 Å². The minimum atomic E-state index is -0.529. The molecular formula is C14H14N6O2. The van der Waals surface area contributed by atoms with Crippen LogP contribution in [0.15, 0.2) is 42.4 Å². The minimum Gasteiger partial charge on any atom is -0.494 e. The third kappa shape index (κ3) is 4.08. The molecule has 112 valence electrons. The van der Waals surface area contributed by atoms with Crippen molar-refractivity contribution >= 4 is 17.5 Å². The molecule has 0 saturated heterocycles. The Morgan fingerprint density at radius 1 is 1.45 bits per heavy atom. The molecule has 1 heterocycles. The van der Waals surface area contributed by atoms with Crippen molar-refractivity contribution in [3.63, 3.8) is 0 Å². The Morgan fingerprint density at radius 3 is 2.82 bits per heavy atom. The zero-order valence-electron chi connectivity index (χ0n) is 11.8. The monoisotopic (exact) mass is 298 g/mol. The molecule has 8 nitrogen and oxygen atoms in total. The number of hydrogen-bond donors (Lipinski definition) is 3. The van der Waals surface area contributed by atoms with Gasteiger partial charge in [0.1, 0.15) is 23.7 Å². The number of aromatic amines is 1. The number of rotatable bonds is 6. The minimum absolute atomic E-state index is 0.0923. The molecule has 8 heteroatoms. The van der Waals surface area contributed by atoms with Gasteiger partial charge in [0.15, 0.2) is 0 Å². The van der Waals surface area contributed by atoms with Crippen LogP contribution < -0.4 is 15.4 Å². The lowest BCUT2D eigenvalue weighted by atomic mass is 10.2. The largest absolute Gasteiger partial charge is 0.494 e. The van der Waals surface area contributed by atoms with Gasteiger partial charge < -0.3 is 15.4 Å². The van der Waals surface area contributed by atoms with E-state index in [-0.39, 0.29) is 5.57 Å². The van der Waals surface area contributed by atoms with Crippen molar-refractivity contribution in [1.82, 2.24) is 15.2 Å². The summed E-state index contributed by atoms with van der Waals surface area (Å²) in [5.74, 6) is 0.517. The summed E-state index contributed by atoms with van der Waals surface area (Å²) in [6, 6.07) is 8.68. The molecule has 0 spiro atoms. The summed E-state index contributed by atoms with van der Waals surface area (Å²) in [6.45, 7) is 2.46. The number of nitriles is 1. The molecule has 0 saturated carbocycles. The molecule has 0 unspecified atom stereocenters. The Hall–Kier alpha value is -3.34. The van der Waals surface area contributed by atoms with Gasteiger partial charge >= 0.3 is 0 Å². The summed E-state index contributed by atoms with van der Waals surface area (Å²) in [5.41, 5.74) is 0.472. The maximum absolute atomic E-state index is 12.0. The first-order chi connectivity index (χ1) is 10.7. The number of aromatic nitrogens is 3. The number of nitrogens with one attached hydrogen (secondary N) is 3. The van der Waals surface area contributed by atoms with Crippen molar-refractivity contribution in [1.29, 1.82) is 5.26 Å². The lowest BCUT2D eigenvalue weighted by Gasteiger charge is -2.06. The predicted octanol–water partition coefficient (Wildman–Crippen LogP) is 1.66. The molecule has 1 aromatic heterocycles. The van der Waals surface area contributed by atoms with Crippen LogP contribution in [0.3, 0.4) is 0 Å². The maximum Gasteiger partial charge on any atom is 0.267 e. The van der Waals surface area contributed by atoms with Crippen molar-refractivity contribution in [3.8, 4) is 11.8 Å². The molecule has 0 aliphatic rings. The second-order valence-corrected chi connectivity index (χ2v) is 4.06. The van der Waals surface area contributed by atoms with Gasteiger partial charge in [0.2, 0.25) is 5.95 Å². The SMILES string of the molecule is CCOc1ccc(NC(=O)/C(C#N)=C\Nc2ncn[nH]2)cc1. The van der Waals surface area contributed by atoms with Crippen LogP contribution in [0.5, 0.6) is 5.75 Å². The van der Waals surface area contributed by atoms with Gasteiger partial charge in [0.25, 0.3) is 5.91 Å². The van der Waals surface area contributed by atoms with E-state index in [0.717, 1.165) is 0 Å². The smallest absolute Gasteiger partial charge is 0.267 e. The van der Waals surface area contributed by atoms with Gasteiger partial charge in [-0.1, -0.05) is 0 Å². The van der Waals surface area contributed by atoms with Crippen LogP contribution in [0, 0.1) is 11.3 Å². The number of nitrogens with zero attached hydrogens (tertiary/aromatic N) is 3. The number of hydrogen-bond acceptors (Lipinski definition) is 6. The van der Waals surface area contributed by atoms with Gasteiger partial charge in [-0.15, -0.1) is 0 Å². The zero-order valence-corrected chi connectivity index (χ0v) is 11.8. The molecule has 0 aliphatic carbocycles. The van der Waals surface area contributed by atoms with Crippen molar-refractivity contribution in [2.24, 2.45) is 0 Å². The van der Waals surface area contributed by atoms with Gasteiger partial charge in [-0.25, -0.2) is 5.10 Å². The van der Waals surface area contributed by atoms with E-state index >= 15 is 0 Å². The van der Waals surface area contributed by atoms with Crippen LogP contribution >= 0.6 is 0 Å². The third-order valence-electron chi connectivity index (χ3n) is 2.56. The van der Waals surface area contributed by atoms with E-state index in [2.05, 4.69) is 25.8 Å². The Bertz CT molecular complexity index is 685. The van der Waals surface area contributed by atoms with Gasteiger partial charge in [-0.3, -0.25) is 4.79 Å². The number of carbonyl (C=O) groups excluding carboxylic acids is 1. The quantitative estimate of drug-likeness (QED) is 0.551. The van der Waals surface area contributed by atoms with Crippen molar-refractivity contribution in [2.75, 3.05) is 17.2 Å². The Kier molecular flexibility index (Phi) is 5.09. The van der Waals surface area contributed by atoms with Crippen molar-refractivity contribution < 1.29 is 9.53 Å². The van der Waals surface area contributed by atoms with Crippen LogP contribution in [0.2, 0.25) is 0 Å². The number of amides is 1. The lowest BCUT2D eigenvalue weighted by Crippen LogP contribution is -2.14. The summed E-state index contributed by atoms with van der Waals surface area (Å²) in [6.07, 6.45) is 2.56. The molecule has 2 aromatic rings. The van der Waals surface area contributed by atoms with E-state index in [1.807, 2.05) is 13.0 Å². The van der Waals surface area contributed by atoms with E-state index in [4.69, 9.17) is 10.00 Å². The highest BCUT2D eigenvalue weighted by Gasteiger charge is 2.09. The fourth-order valence-corrected chi connectivity index (χ4v) is 1.56. The lowest BCUT2D eigenvalue weighted by molar-refractivity contribution is -0.112. The molecule has 0 aliphatic heterocycles. The molecule has 2 rings (SSSR count). The van der Waals surface area contributed by atoms with Crippen molar-refractivity contribution in [2.45, 2.75) is 6.92 Å². The van der Waals surface area contributed by atoms with E-state index in [1.165, 1.54) is 12.5 Å². The average Bonchev–Trinajstić information content (AvgIpc) is 3.03. The van der Waals surface area contributed by atoms with Gasteiger partial charge in [-0.2, -0.15) is 15.3 Å². The highest BCUT2D eigenvalue weighted by Crippen LogP contribution is 2.16. The first-order valence-electron chi connectivity index (χ1n) is 6.49. The number of anilines is 2. The van der Waals surface area contributed by atoms with Gasteiger partial charge in [-0.05, 0) is 31.2 Å². The molecule has 0 atom stereocenters. The number of benzene rings is 1. The molecule has 3 N–H and O–H groups in total. The summed E-state index contributed by atoms with van der Waals surface area (Å²) in [4.78, 5) is 15.8. The fourth-order valence-electron chi connectivity index (χ4n) is 1.56. The highest BCUT2D eigenvalue weighted by molar-refractivity contribution is 6.06.